The summed E-state index contributed by atoms with van der Waals surface area (Å²) in [7, 11) is -3.70. The maximum Gasteiger partial charge on any atom is 0.272 e. The number of nitro benzene ring substituents is 1. The van der Waals surface area contributed by atoms with Crippen LogP contribution in [0.2, 0.25) is 0 Å². The first-order valence-electron chi connectivity index (χ1n) is 6.52. The van der Waals surface area contributed by atoms with Crippen LogP contribution >= 0.6 is 0 Å². The monoisotopic (exact) mass is 314 g/mol. The van der Waals surface area contributed by atoms with Crippen molar-refractivity contribution >= 4 is 15.7 Å². The lowest BCUT2D eigenvalue weighted by Gasteiger charge is -2.40. The molecule has 1 heterocycles. The summed E-state index contributed by atoms with van der Waals surface area (Å²) in [5.41, 5.74) is -0.408. The van der Waals surface area contributed by atoms with E-state index in [-0.39, 0.29) is 17.1 Å². The zero-order chi connectivity index (χ0) is 15.8. The molecule has 116 valence electrons. The zero-order valence-electron chi connectivity index (χ0n) is 12.2. The van der Waals surface area contributed by atoms with Crippen molar-refractivity contribution in [2.24, 2.45) is 0 Å². The van der Waals surface area contributed by atoms with Crippen LogP contribution in [0.1, 0.15) is 19.4 Å². The Bertz CT molecular complexity index is 669. The molecule has 0 saturated carbocycles. The van der Waals surface area contributed by atoms with Gasteiger partial charge in [-0.15, -0.1) is 0 Å². The summed E-state index contributed by atoms with van der Waals surface area (Å²) in [4.78, 5) is 10.4. The molecule has 0 aromatic heterocycles. The molecule has 0 atom stereocenters. The average Bonchev–Trinajstić information content (AvgIpc) is 2.37. The van der Waals surface area contributed by atoms with Crippen LogP contribution in [0.15, 0.2) is 23.1 Å². The standard InChI is InChI=1S/C13H18N2O5S/c1-10-8-11(4-5-12(10)15(16)17)21(18,19)14-6-7-20-9-13(14,2)3/h4-5,8H,6-7,9H2,1-3H3. The quantitative estimate of drug-likeness (QED) is 0.625. The van der Waals surface area contributed by atoms with E-state index in [0.717, 1.165) is 0 Å². The molecule has 8 heteroatoms. The van der Waals surface area contributed by atoms with E-state index in [2.05, 4.69) is 0 Å². The van der Waals surface area contributed by atoms with Gasteiger partial charge < -0.3 is 4.74 Å². The molecule has 1 fully saturated rings. The van der Waals surface area contributed by atoms with Crippen molar-refractivity contribution in [3.05, 3.63) is 33.9 Å². The van der Waals surface area contributed by atoms with Gasteiger partial charge in [-0.1, -0.05) is 0 Å². The molecule has 0 amide bonds. The van der Waals surface area contributed by atoms with Crippen molar-refractivity contribution in [1.29, 1.82) is 0 Å². The third-order valence-corrected chi connectivity index (χ3v) is 5.63. The molecule has 0 spiro atoms. The lowest BCUT2D eigenvalue weighted by Crippen LogP contribution is -2.55. The average molecular weight is 314 g/mol. The van der Waals surface area contributed by atoms with Crippen LogP contribution in [0.4, 0.5) is 5.69 Å². The van der Waals surface area contributed by atoms with Crippen molar-refractivity contribution in [3.8, 4) is 0 Å². The Morgan fingerprint density at radius 1 is 1.38 bits per heavy atom. The van der Waals surface area contributed by atoms with Gasteiger partial charge in [-0.25, -0.2) is 8.42 Å². The van der Waals surface area contributed by atoms with E-state index in [1.807, 2.05) is 0 Å². The number of nitrogens with zero attached hydrogens (tertiary/aromatic N) is 2. The summed E-state index contributed by atoms with van der Waals surface area (Å²) in [6.45, 7) is 6.05. The van der Waals surface area contributed by atoms with Crippen molar-refractivity contribution in [2.75, 3.05) is 19.8 Å². The summed E-state index contributed by atoms with van der Waals surface area (Å²) >= 11 is 0. The number of hydrogen-bond acceptors (Lipinski definition) is 5. The van der Waals surface area contributed by atoms with Gasteiger partial charge in [-0.05, 0) is 32.9 Å². The highest BCUT2D eigenvalue weighted by Gasteiger charge is 2.40. The van der Waals surface area contributed by atoms with E-state index < -0.39 is 20.5 Å². The summed E-state index contributed by atoms with van der Waals surface area (Å²) in [6, 6.07) is 3.86. The Balaban J connectivity index is 2.44. The number of sulfonamides is 1. The van der Waals surface area contributed by atoms with Crippen LogP contribution in [0.3, 0.4) is 0 Å². The molecule has 0 aliphatic carbocycles. The number of nitro groups is 1. The molecule has 21 heavy (non-hydrogen) atoms. The predicted octanol–water partition coefficient (Wildman–Crippen LogP) is 1.70. The molecule has 1 aliphatic heterocycles. The smallest absolute Gasteiger partial charge is 0.272 e. The van der Waals surface area contributed by atoms with Gasteiger partial charge in [0.15, 0.2) is 0 Å². The lowest BCUT2D eigenvalue weighted by molar-refractivity contribution is -0.385. The molecule has 7 nitrogen and oxygen atoms in total. The molecule has 2 rings (SSSR count). The van der Waals surface area contributed by atoms with Gasteiger partial charge >= 0.3 is 0 Å². The molecule has 1 aromatic rings. The minimum atomic E-state index is -3.70. The Morgan fingerprint density at radius 3 is 2.57 bits per heavy atom. The molecule has 1 saturated heterocycles. The van der Waals surface area contributed by atoms with E-state index >= 15 is 0 Å². The Morgan fingerprint density at radius 2 is 2.05 bits per heavy atom. The zero-order valence-corrected chi connectivity index (χ0v) is 13.0. The molecule has 1 aromatic carbocycles. The Kier molecular flexibility index (Phi) is 4.05. The summed E-state index contributed by atoms with van der Waals surface area (Å²) < 4.78 is 32.2. The number of rotatable bonds is 3. The van der Waals surface area contributed by atoms with Gasteiger partial charge in [0, 0.05) is 18.2 Å². The van der Waals surface area contributed by atoms with Crippen LogP contribution in [0.25, 0.3) is 0 Å². The van der Waals surface area contributed by atoms with E-state index in [1.165, 1.54) is 29.4 Å². The van der Waals surface area contributed by atoms with Crippen LogP contribution in [-0.2, 0) is 14.8 Å². The molecule has 1 aliphatic rings. The second-order valence-electron chi connectivity index (χ2n) is 5.65. The first-order valence-corrected chi connectivity index (χ1v) is 7.96. The van der Waals surface area contributed by atoms with E-state index in [9.17, 15) is 18.5 Å². The first-order chi connectivity index (χ1) is 9.66. The number of hydrogen-bond donors (Lipinski definition) is 0. The SMILES string of the molecule is Cc1cc(S(=O)(=O)N2CCOCC2(C)C)ccc1[N+](=O)[O-]. The number of ether oxygens (including phenoxy) is 1. The largest absolute Gasteiger partial charge is 0.378 e. The topological polar surface area (TPSA) is 89.8 Å². The Labute approximate surface area is 123 Å². The fourth-order valence-electron chi connectivity index (χ4n) is 2.41. The third kappa shape index (κ3) is 2.92. The molecule has 0 bridgehead atoms. The second-order valence-corrected chi connectivity index (χ2v) is 7.51. The molecule has 0 N–H and O–H groups in total. The van der Waals surface area contributed by atoms with Gasteiger partial charge in [0.2, 0.25) is 10.0 Å². The fraction of sp³-hybridized carbons (Fsp3) is 0.538. The van der Waals surface area contributed by atoms with Crippen molar-refractivity contribution < 1.29 is 18.1 Å². The minimum absolute atomic E-state index is 0.0700. The van der Waals surface area contributed by atoms with Crippen LogP contribution in [0, 0.1) is 17.0 Å². The molecular weight excluding hydrogens is 296 g/mol. The van der Waals surface area contributed by atoms with Crippen LogP contribution in [0.5, 0.6) is 0 Å². The van der Waals surface area contributed by atoms with Gasteiger partial charge in [-0.3, -0.25) is 10.1 Å². The summed E-state index contributed by atoms with van der Waals surface area (Å²) in [5.74, 6) is 0. The first kappa shape index (κ1) is 15.9. The van der Waals surface area contributed by atoms with Gasteiger partial charge in [0.05, 0.1) is 28.6 Å². The van der Waals surface area contributed by atoms with Crippen molar-refractivity contribution in [2.45, 2.75) is 31.2 Å². The maximum atomic E-state index is 12.7. The van der Waals surface area contributed by atoms with E-state index in [4.69, 9.17) is 4.74 Å². The van der Waals surface area contributed by atoms with Gasteiger partial charge in [0.25, 0.3) is 5.69 Å². The van der Waals surface area contributed by atoms with E-state index in [0.29, 0.717) is 18.8 Å². The Hall–Kier alpha value is -1.51. The maximum absolute atomic E-state index is 12.7. The molecular formula is C13H18N2O5S. The lowest BCUT2D eigenvalue weighted by atomic mass is 10.1. The summed E-state index contributed by atoms with van der Waals surface area (Å²) in [6.07, 6.45) is 0. The van der Waals surface area contributed by atoms with E-state index in [1.54, 1.807) is 13.8 Å². The normalized spacial score (nSPS) is 19.4. The molecule has 0 radical (unpaired) electrons. The summed E-state index contributed by atoms with van der Waals surface area (Å²) in [5, 5.41) is 10.8. The number of benzene rings is 1. The predicted molar refractivity (Wildman–Crippen MR) is 76.6 cm³/mol. The highest BCUT2D eigenvalue weighted by Crippen LogP contribution is 2.29. The van der Waals surface area contributed by atoms with Crippen LogP contribution in [-0.4, -0.2) is 42.9 Å². The van der Waals surface area contributed by atoms with Crippen molar-refractivity contribution in [3.63, 3.8) is 0 Å². The molecule has 0 unspecified atom stereocenters. The highest BCUT2D eigenvalue weighted by molar-refractivity contribution is 7.89. The highest BCUT2D eigenvalue weighted by atomic mass is 32.2. The third-order valence-electron chi connectivity index (χ3n) is 3.52. The number of aryl methyl sites for hydroxylation is 1. The van der Waals surface area contributed by atoms with Crippen LogP contribution < -0.4 is 0 Å². The van der Waals surface area contributed by atoms with Gasteiger partial charge in [-0.2, -0.15) is 4.31 Å². The fourth-order valence-corrected chi connectivity index (χ4v) is 4.25. The minimum Gasteiger partial charge on any atom is -0.378 e. The second kappa shape index (κ2) is 5.36. The van der Waals surface area contributed by atoms with Crippen molar-refractivity contribution in [1.82, 2.24) is 4.31 Å². The number of morpholine rings is 1. The van der Waals surface area contributed by atoms with Gasteiger partial charge in [0.1, 0.15) is 0 Å².